The van der Waals surface area contributed by atoms with Crippen molar-refractivity contribution in [2.24, 2.45) is 0 Å². The molecule has 0 atom stereocenters. The summed E-state index contributed by atoms with van der Waals surface area (Å²) < 4.78 is 31.9. The molecule has 0 bridgehead atoms. The highest BCUT2D eigenvalue weighted by atomic mass is 19.1. The first-order valence-corrected chi connectivity index (χ1v) is 4.95. The molecule has 4 heteroatoms. The number of hydrogen-bond donors (Lipinski definition) is 1. The first-order chi connectivity index (χ1) is 8.13. The first-order valence-electron chi connectivity index (χ1n) is 4.95. The quantitative estimate of drug-likeness (QED) is 0.866. The van der Waals surface area contributed by atoms with Crippen molar-refractivity contribution in [2.75, 3.05) is 7.11 Å². The third kappa shape index (κ3) is 2.06. The molecule has 0 aliphatic heterocycles. The molecular formula is C13H10F2O2. The summed E-state index contributed by atoms with van der Waals surface area (Å²) in [6.45, 7) is 0. The summed E-state index contributed by atoms with van der Waals surface area (Å²) in [7, 11) is 1.40. The molecule has 0 aromatic heterocycles. The summed E-state index contributed by atoms with van der Waals surface area (Å²) in [5.41, 5.74) is 0.101. The van der Waals surface area contributed by atoms with Gasteiger partial charge in [-0.3, -0.25) is 0 Å². The van der Waals surface area contributed by atoms with Crippen molar-refractivity contribution in [1.82, 2.24) is 0 Å². The number of phenols is 1. The molecule has 0 heterocycles. The summed E-state index contributed by atoms with van der Waals surface area (Å²) >= 11 is 0. The van der Waals surface area contributed by atoms with Gasteiger partial charge in [-0.05, 0) is 29.8 Å². The van der Waals surface area contributed by atoms with Crippen LogP contribution >= 0.6 is 0 Å². The average Bonchev–Trinajstić information content (AvgIpc) is 2.29. The zero-order chi connectivity index (χ0) is 12.4. The van der Waals surface area contributed by atoms with E-state index < -0.39 is 11.6 Å². The van der Waals surface area contributed by atoms with Crippen LogP contribution in [0.25, 0.3) is 11.1 Å². The minimum Gasteiger partial charge on any atom is -0.504 e. The molecule has 1 N–H and O–H groups in total. The summed E-state index contributed by atoms with van der Waals surface area (Å²) in [5.74, 6) is -1.25. The van der Waals surface area contributed by atoms with E-state index in [2.05, 4.69) is 0 Å². The Hall–Kier alpha value is -2.10. The molecule has 2 rings (SSSR count). The van der Waals surface area contributed by atoms with Crippen LogP contribution in [0, 0.1) is 11.6 Å². The van der Waals surface area contributed by atoms with Crippen molar-refractivity contribution < 1.29 is 18.6 Å². The van der Waals surface area contributed by atoms with Gasteiger partial charge in [-0.25, -0.2) is 8.78 Å². The number of methoxy groups -OCH3 is 1. The standard InChI is InChI=1S/C13H10F2O2/c1-17-12-6-5-8(7-11(12)16)13-9(14)3-2-4-10(13)15/h2-7,16H,1H3. The van der Waals surface area contributed by atoms with Crippen LogP contribution in [0.4, 0.5) is 8.78 Å². The predicted molar refractivity (Wildman–Crippen MR) is 60.0 cm³/mol. The van der Waals surface area contributed by atoms with Crippen molar-refractivity contribution in [3.8, 4) is 22.6 Å². The number of halogens is 2. The third-order valence-corrected chi connectivity index (χ3v) is 2.43. The number of ether oxygens (including phenoxy) is 1. The molecule has 0 unspecified atom stereocenters. The topological polar surface area (TPSA) is 29.5 Å². The zero-order valence-electron chi connectivity index (χ0n) is 9.08. The van der Waals surface area contributed by atoms with Crippen molar-refractivity contribution in [2.45, 2.75) is 0 Å². The highest BCUT2D eigenvalue weighted by molar-refractivity contribution is 5.68. The fourth-order valence-electron chi connectivity index (χ4n) is 1.62. The molecule has 17 heavy (non-hydrogen) atoms. The van der Waals surface area contributed by atoms with Crippen LogP contribution in [0.5, 0.6) is 11.5 Å². The van der Waals surface area contributed by atoms with Gasteiger partial charge in [0.25, 0.3) is 0 Å². The van der Waals surface area contributed by atoms with Gasteiger partial charge in [-0.15, -0.1) is 0 Å². The lowest BCUT2D eigenvalue weighted by molar-refractivity contribution is 0.373. The lowest BCUT2D eigenvalue weighted by Gasteiger charge is -2.08. The van der Waals surface area contributed by atoms with Gasteiger partial charge in [-0.1, -0.05) is 12.1 Å². The predicted octanol–water partition coefficient (Wildman–Crippen LogP) is 3.35. The summed E-state index contributed by atoms with van der Waals surface area (Å²) in [4.78, 5) is 0. The van der Waals surface area contributed by atoms with Crippen LogP contribution in [-0.2, 0) is 0 Å². The van der Waals surface area contributed by atoms with E-state index in [1.54, 1.807) is 0 Å². The maximum absolute atomic E-state index is 13.5. The highest BCUT2D eigenvalue weighted by Gasteiger charge is 2.12. The van der Waals surface area contributed by atoms with Gasteiger partial charge in [0.05, 0.1) is 12.7 Å². The van der Waals surface area contributed by atoms with Crippen molar-refractivity contribution in [3.05, 3.63) is 48.0 Å². The Balaban J connectivity index is 2.57. The molecule has 0 spiro atoms. The van der Waals surface area contributed by atoms with E-state index in [1.807, 2.05) is 0 Å². The van der Waals surface area contributed by atoms with Gasteiger partial charge in [-0.2, -0.15) is 0 Å². The highest BCUT2D eigenvalue weighted by Crippen LogP contribution is 2.33. The number of aromatic hydroxyl groups is 1. The number of benzene rings is 2. The molecule has 0 saturated carbocycles. The van der Waals surface area contributed by atoms with E-state index in [0.717, 1.165) is 0 Å². The largest absolute Gasteiger partial charge is 0.504 e. The maximum atomic E-state index is 13.5. The average molecular weight is 236 g/mol. The fraction of sp³-hybridized carbons (Fsp3) is 0.0769. The smallest absolute Gasteiger partial charge is 0.160 e. The maximum Gasteiger partial charge on any atom is 0.160 e. The molecule has 0 fully saturated rings. The SMILES string of the molecule is COc1ccc(-c2c(F)cccc2F)cc1O. The zero-order valence-corrected chi connectivity index (χ0v) is 9.08. The Bertz CT molecular complexity index is 533. The van der Waals surface area contributed by atoms with Crippen LogP contribution < -0.4 is 4.74 Å². The molecule has 0 aliphatic rings. The Kier molecular flexibility index (Phi) is 2.95. The van der Waals surface area contributed by atoms with Crippen LogP contribution in [-0.4, -0.2) is 12.2 Å². The van der Waals surface area contributed by atoms with Crippen molar-refractivity contribution in [1.29, 1.82) is 0 Å². The third-order valence-electron chi connectivity index (χ3n) is 2.43. The lowest BCUT2D eigenvalue weighted by Crippen LogP contribution is -1.90. The summed E-state index contributed by atoms with van der Waals surface area (Å²) in [6, 6.07) is 7.83. The van der Waals surface area contributed by atoms with Gasteiger partial charge in [0.2, 0.25) is 0 Å². The Morgan fingerprint density at radius 1 is 1.06 bits per heavy atom. The molecule has 0 amide bonds. The second-order valence-corrected chi connectivity index (χ2v) is 3.48. The van der Waals surface area contributed by atoms with Crippen molar-refractivity contribution in [3.63, 3.8) is 0 Å². The number of rotatable bonds is 2. The lowest BCUT2D eigenvalue weighted by atomic mass is 10.0. The van der Waals surface area contributed by atoms with Crippen LogP contribution in [0.2, 0.25) is 0 Å². The van der Waals surface area contributed by atoms with Gasteiger partial charge >= 0.3 is 0 Å². The van der Waals surface area contributed by atoms with E-state index in [9.17, 15) is 13.9 Å². The van der Waals surface area contributed by atoms with E-state index in [-0.39, 0.29) is 22.6 Å². The molecule has 2 nitrogen and oxygen atoms in total. The van der Waals surface area contributed by atoms with E-state index in [4.69, 9.17) is 4.74 Å². The molecule has 2 aromatic carbocycles. The molecule has 88 valence electrons. The van der Waals surface area contributed by atoms with Gasteiger partial charge in [0, 0.05) is 0 Å². The monoisotopic (exact) mass is 236 g/mol. The second-order valence-electron chi connectivity index (χ2n) is 3.48. The normalized spacial score (nSPS) is 10.3. The Labute approximate surface area is 97.1 Å². The molecule has 2 aromatic rings. The van der Waals surface area contributed by atoms with E-state index >= 15 is 0 Å². The van der Waals surface area contributed by atoms with Gasteiger partial charge in [0.15, 0.2) is 11.5 Å². The molecule has 0 saturated heterocycles. The minimum atomic E-state index is -0.672. The van der Waals surface area contributed by atoms with Gasteiger partial charge < -0.3 is 9.84 Å². The Morgan fingerprint density at radius 2 is 1.71 bits per heavy atom. The number of phenolic OH excluding ortho intramolecular Hbond substituents is 1. The van der Waals surface area contributed by atoms with Crippen LogP contribution in [0.1, 0.15) is 0 Å². The van der Waals surface area contributed by atoms with Crippen LogP contribution in [0.15, 0.2) is 36.4 Å². The van der Waals surface area contributed by atoms with Crippen LogP contribution in [0.3, 0.4) is 0 Å². The van der Waals surface area contributed by atoms with E-state index in [1.165, 1.54) is 43.5 Å². The summed E-state index contributed by atoms with van der Waals surface area (Å²) in [5, 5.41) is 9.56. The first kappa shape index (κ1) is 11.4. The summed E-state index contributed by atoms with van der Waals surface area (Å²) in [6.07, 6.45) is 0. The van der Waals surface area contributed by atoms with Crippen molar-refractivity contribution >= 4 is 0 Å². The minimum absolute atomic E-state index is 0.160. The Morgan fingerprint density at radius 3 is 2.24 bits per heavy atom. The second kappa shape index (κ2) is 4.41. The number of hydrogen-bond acceptors (Lipinski definition) is 2. The molecular weight excluding hydrogens is 226 g/mol. The fourth-order valence-corrected chi connectivity index (χ4v) is 1.62. The van der Waals surface area contributed by atoms with E-state index in [0.29, 0.717) is 0 Å². The van der Waals surface area contributed by atoms with Gasteiger partial charge in [0.1, 0.15) is 11.6 Å². The molecule has 0 aliphatic carbocycles. The molecule has 0 radical (unpaired) electrons.